The van der Waals surface area contributed by atoms with Crippen LogP contribution in [0.1, 0.15) is 25.8 Å². The van der Waals surface area contributed by atoms with E-state index in [2.05, 4.69) is 24.1 Å². The number of hydrogen-bond acceptors (Lipinski definition) is 4. The monoisotopic (exact) mass is 447 g/mol. The van der Waals surface area contributed by atoms with Crippen LogP contribution in [-0.2, 0) is 17.9 Å². The van der Waals surface area contributed by atoms with Crippen LogP contribution in [0.5, 0.6) is 0 Å². The zero-order chi connectivity index (χ0) is 21.7. The van der Waals surface area contributed by atoms with Gasteiger partial charge in [0.15, 0.2) is 5.16 Å². The number of carbonyl (C=O) groups excluding carboxylic acids is 1. The van der Waals surface area contributed by atoms with Crippen molar-refractivity contribution < 1.29 is 9.18 Å². The SMILES string of the molecule is CC(C)CCn1c(SCC(=O)NCc2ccc(F)c(Cl)c2)nc2ccccc2c1=O. The lowest BCUT2D eigenvalue weighted by molar-refractivity contribution is -0.118. The van der Waals surface area contributed by atoms with Crippen molar-refractivity contribution in [1.82, 2.24) is 14.9 Å². The Morgan fingerprint density at radius 1 is 1.27 bits per heavy atom. The number of hydrogen-bond donors (Lipinski definition) is 1. The highest BCUT2D eigenvalue weighted by atomic mass is 35.5. The van der Waals surface area contributed by atoms with Gasteiger partial charge in [-0.25, -0.2) is 9.37 Å². The molecule has 0 saturated heterocycles. The summed E-state index contributed by atoms with van der Waals surface area (Å²) in [5, 5.41) is 3.90. The molecule has 1 heterocycles. The van der Waals surface area contributed by atoms with E-state index in [4.69, 9.17) is 11.6 Å². The molecule has 0 fully saturated rings. The predicted molar refractivity (Wildman–Crippen MR) is 119 cm³/mol. The molecule has 8 heteroatoms. The van der Waals surface area contributed by atoms with Crippen molar-refractivity contribution in [2.45, 2.75) is 38.5 Å². The third-order valence-corrected chi connectivity index (χ3v) is 5.83. The number of benzene rings is 2. The quantitative estimate of drug-likeness (QED) is 0.403. The predicted octanol–water partition coefficient (Wildman–Crippen LogP) is 4.64. The van der Waals surface area contributed by atoms with Gasteiger partial charge in [-0.15, -0.1) is 0 Å². The number of nitrogens with one attached hydrogen (secondary N) is 1. The molecular weight excluding hydrogens is 425 g/mol. The summed E-state index contributed by atoms with van der Waals surface area (Å²) >= 11 is 7.00. The van der Waals surface area contributed by atoms with E-state index >= 15 is 0 Å². The van der Waals surface area contributed by atoms with Crippen LogP contribution in [0.2, 0.25) is 5.02 Å². The van der Waals surface area contributed by atoms with Crippen molar-refractivity contribution in [1.29, 1.82) is 0 Å². The lowest BCUT2D eigenvalue weighted by atomic mass is 10.1. The largest absolute Gasteiger partial charge is 0.351 e. The summed E-state index contributed by atoms with van der Waals surface area (Å²) in [5.41, 5.74) is 1.23. The van der Waals surface area contributed by atoms with E-state index in [9.17, 15) is 14.0 Å². The molecule has 0 bridgehead atoms. The molecule has 3 rings (SSSR count). The van der Waals surface area contributed by atoms with Gasteiger partial charge >= 0.3 is 0 Å². The van der Waals surface area contributed by atoms with E-state index < -0.39 is 5.82 Å². The Bertz CT molecular complexity index is 1120. The van der Waals surface area contributed by atoms with E-state index in [0.29, 0.717) is 34.1 Å². The minimum atomic E-state index is -0.496. The molecule has 3 aromatic rings. The van der Waals surface area contributed by atoms with Crippen LogP contribution in [0.4, 0.5) is 4.39 Å². The number of para-hydroxylation sites is 1. The maximum absolute atomic E-state index is 13.2. The molecule has 0 aliphatic heterocycles. The Morgan fingerprint density at radius 2 is 2.03 bits per heavy atom. The summed E-state index contributed by atoms with van der Waals surface area (Å²) < 4.78 is 14.9. The molecule has 0 saturated carbocycles. The van der Waals surface area contributed by atoms with Crippen LogP contribution in [0.25, 0.3) is 10.9 Å². The second-order valence-electron chi connectivity index (χ2n) is 7.36. The molecule has 1 aromatic heterocycles. The van der Waals surface area contributed by atoms with E-state index in [1.54, 1.807) is 22.8 Å². The molecule has 0 aliphatic carbocycles. The highest BCUT2D eigenvalue weighted by Crippen LogP contribution is 2.19. The fourth-order valence-electron chi connectivity index (χ4n) is 2.87. The van der Waals surface area contributed by atoms with Gasteiger partial charge in [0.25, 0.3) is 5.56 Å². The van der Waals surface area contributed by atoms with E-state index in [1.807, 2.05) is 12.1 Å². The van der Waals surface area contributed by atoms with Crippen LogP contribution in [0.15, 0.2) is 52.4 Å². The fourth-order valence-corrected chi connectivity index (χ4v) is 3.93. The number of halogens is 2. The number of nitrogens with zero attached hydrogens (tertiary/aromatic N) is 2. The Balaban J connectivity index is 1.72. The molecule has 0 unspecified atom stereocenters. The summed E-state index contributed by atoms with van der Waals surface area (Å²) in [6.45, 7) is 4.99. The molecule has 1 amide bonds. The summed E-state index contributed by atoms with van der Waals surface area (Å²) in [4.78, 5) is 29.9. The number of aromatic nitrogens is 2. The first-order valence-electron chi connectivity index (χ1n) is 9.68. The van der Waals surface area contributed by atoms with Gasteiger partial charge in [-0.2, -0.15) is 0 Å². The Kier molecular flexibility index (Phi) is 7.50. The first-order valence-corrected chi connectivity index (χ1v) is 11.0. The second-order valence-corrected chi connectivity index (χ2v) is 8.71. The number of rotatable bonds is 8. The van der Waals surface area contributed by atoms with Crippen molar-refractivity contribution in [2.75, 3.05) is 5.75 Å². The standard InChI is InChI=1S/C22H23ClFN3O2S/c1-14(2)9-10-27-21(29)16-5-3-4-6-19(16)26-22(27)30-13-20(28)25-12-15-7-8-18(24)17(23)11-15/h3-8,11,14H,9-10,12-13H2,1-2H3,(H,25,28). The molecule has 0 radical (unpaired) electrons. The Morgan fingerprint density at radius 3 is 2.77 bits per heavy atom. The van der Waals surface area contributed by atoms with Crippen LogP contribution in [0.3, 0.4) is 0 Å². The van der Waals surface area contributed by atoms with Crippen molar-refractivity contribution in [3.8, 4) is 0 Å². The topological polar surface area (TPSA) is 64.0 Å². The minimum Gasteiger partial charge on any atom is -0.351 e. The average Bonchev–Trinajstić information content (AvgIpc) is 2.72. The molecule has 5 nitrogen and oxygen atoms in total. The third-order valence-electron chi connectivity index (χ3n) is 4.56. The number of fused-ring (bicyclic) bond motifs is 1. The van der Waals surface area contributed by atoms with Gasteiger partial charge in [0.1, 0.15) is 5.82 Å². The third kappa shape index (κ3) is 5.61. The summed E-state index contributed by atoms with van der Waals surface area (Å²) in [7, 11) is 0. The zero-order valence-corrected chi connectivity index (χ0v) is 18.4. The maximum Gasteiger partial charge on any atom is 0.262 e. The van der Waals surface area contributed by atoms with Gasteiger partial charge in [0, 0.05) is 13.1 Å². The highest BCUT2D eigenvalue weighted by Gasteiger charge is 2.14. The van der Waals surface area contributed by atoms with Crippen LogP contribution < -0.4 is 10.9 Å². The van der Waals surface area contributed by atoms with Gasteiger partial charge in [-0.1, -0.05) is 55.4 Å². The van der Waals surface area contributed by atoms with Gasteiger partial charge in [-0.05, 0) is 42.2 Å². The van der Waals surface area contributed by atoms with E-state index in [1.165, 1.54) is 23.9 Å². The van der Waals surface area contributed by atoms with Gasteiger partial charge in [-0.3, -0.25) is 14.2 Å². The first-order chi connectivity index (χ1) is 14.3. The Hall–Kier alpha value is -2.38. The summed E-state index contributed by atoms with van der Waals surface area (Å²) in [5.74, 6) is -0.157. The Labute approximate surface area is 183 Å². The smallest absolute Gasteiger partial charge is 0.262 e. The van der Waals surface area contributed by atoms with Crippen molar-refractivity contribution in [2.24, 2.45) is 5.92 Å². The summed E-state index contributed by atoms with van der Waals surface area (Å²) in [6, 6.07) is 11.5. The fraction of sp³-hybridized carbons (Fsp3) is 0.318. The van der Waals surface area contributed by atoms with Gasteiger partial charge in [0.05, 0.1) is 21.7 Å². The van der Waals surface area contributed by atoms with E-state index in [0.717, 1.165) is 6.42 Å². The van der Waals surface area contributed by atoms with Crippen molar-refractivity contribution in [3.05, 3.63) is 69.2 Å². The number of amides is 1. The lowest BCUT2D eigenvalue weighted by Crippen LogP contribution is -2.27. The molecule has 0 spiro atoms. The van der Waals surface area contributed by atoms with Crippen LogP contribution >= 0.6 is 23.4 Å². The van der Waals surface area contributed by atoms with Crippen molar-refractivity contribution in [3.63, 3.8) is 0 Å². The molecule has 2 aromatic carbocycles. The average molecular weight is 448 g/mol. The molecule has 0 atom stereocenters. The number of thioether (sulfide) groups is 1. The van der Waals surface area contributed by atoms with Gasteiger partial charge in [0.2, 0.25) is 5.91 Å². The molecule has 0 aliphatic rings. The van der Waals surface area contributed by atoms with Gasteiger partial charge < -0.3 is 5.32 Å². The zero-order valence-electron chi connectivity index (χ0n) is 16.8. The second kappa shape index (κ2) is 10.1. The highest BCUT2D eigenvalue weighted by molar-refractivity contribution is 7.99. The van der Waals surface area contributed by atoms with Crippen molar-refractivity contribution >= 4 is 40.2 Å². The molecular formula is C22H23ClFN3O2S. The summed E-state index contributed by atoms with van der Waals surface area (Å²) in [6.07, 6.45) is 0.838. The normalized spacial score (nSPS) is 11.2. The minimum absolute atomic E-state index is 0.0191. The number of carbonyl (C=O) groups is 1. The van der Waals surface area contributed by atoms with Crippen LogP contribution in [-0.4, -0.2) is 21.2 Å². The molecule has 158 valence electrons. The maximum atomic E-state index is 13.2. The lowest BCUT2D eigenvalue weighted by Gasteiger charge is -2.14. The molecule has 1 N–H and O–H groups in total. The molecule has 30 heavy (non-hydrogen) atoms. The first kappa shape index (κ1) is 22.3. The van der Waals surface area contributed by atoms with E-state index in [-0.39, 0.29) is 28.8 Å². The van der Waals surface area contributed by atoms with Crippen LogP contribution in [0, 0.1) is 11.7 Å².